The van der Waals surface area contributed by atoms with E-state index < -0.39 is 30.6 Å². The van der Waals surface area contributed by atoms with E-state index in [9.17, 15) is 26.3 Å². The minimum Gasteiger partial charge on any atom is 0 e. The van der Waals surface area contributed by atoms with Gasteiger partial charge in [0.05, 0.1) is 5.41 Å². The number of rotatable bonds is 2. The van der Waals surface area contributed by atoms with E-state index in [1.807, 2.05) is 22.6 Å². The maximum Gasteiger partial charge on any atom is 0 e. The van der Waals surface area contributed by atoms with Crippen LogP contribution in [0, 0.1) is 17.8 Å². The van der Waals surface area contributed by atoms with E-state index in [1.54, 1.807) is 0 Å². The van der Waals surface area contributed by atoms with Gasteiger partial charge in [-0.25, -0.2) is 0 Å². The molecule has 0 aromatic rings. The molecule has 0 atom stereocenters. The molecular formula is C19H33Br2Cl2F6I4LiSiZn2. The Morgan fingerprint density at radius 2 is 1.08 bits per heavy atom. The van der Waals surface area contributed by atoms with E-state index >= 15 is 0 Å². The summed E-state index contributed by atoms with van der Waals surface area (Å²) in [5.74, 6) is 0. The molecule has 2 saturated carbocycles. The first-order valence-corrected chi connectivity index (χ1v) is 33.8. The summed E-state index contributed by atoms with van der Waals surface area (Å²) in [5, 5.41) is 2.10. The van der Waals surface area contributed by atoms with Crippen molar-refractivity contribution in [3.63, 3.8) is 0 Å². The van der Waals surface area contributed by atoms with Crippen LogP contribution in [0.4, 0.5) is 26.3 Å². The molecule has 2 aliphatic rings. The smallest absolute Gasteiger partial charge is 0 e. The molecule has 0 saturated heterocycles. The van der Waals surface area contributed by atoms with E-state index in [1.165, 1.54) is 14.8 Å². The van der Waals surface area contributed by atoms with Crippen molar-refractivity contribution < 1.29 is 91.9 Å². The molecule has 0 nitrogen and oxygen atoms in total. The molecule has 37 heavy (non-hydrogen) atoms. The molecule has 18 heteroatoms. The van der Waals surface area contributed by atoms with Crippen LogP contribution in [0.5, 0.6) is 0 Å². The van der Waals surface area contributed by atoms with E-state index in [2.05, 4.69) is 115 Å². The van der Waals surface area contributed by atoms with Crippen LogP contribution >= 0.6 is 123 Å². The molecule has 0 bridgehead atoms. The SMILES string of the molecule is BrCCBr.C[Si](C)(C)Cl.FC(F)(F)C1(CI)CCCC1.II.[CH2-]C1(C(F)(F)F)CCCC1.[Cl-].[Li+].[Zn+][I].[Zn]. The van der Waals surface area contributed by atoms with Gasteiger partial charge in [0.2, 0.25) is 0 Å². The Hall–Kier alpha value is 6.10. The normalized spacial score (nSPS) is 16.7. The molecule has 0 aliphatic heterocycles. The summed E-state index contributed by atoms with van der Waals surface area (Å²) in [6.07, 6.45) is -4.18. The number of halogens is 14. The second kappa shape index (κ2) is 32.1. The maximum absolute atomic E-state index is 12.4. The van der Waals surface area contributed by atoms with Crippen LogP contribution in [-0.2, 0) is 34.3 Å². The van der Waals surface area contributed by atoms with Gasteiger partial charge in [-0.15, -0.1) is 0 Å². The van der Waals surface area contributed by atoms with Crippen molar-refractivity contribution in [1.29, 1.82) is 0 Å². The van der Waals surface area contributed by atoms with E-state index in [-0.39, 0.29) is 68.0 Å². The fraction of sp³-hybridized carbons (Fsp3) is 0.947. The molecule has 2 fully saturated rings. The van der Waals surface area contributed by atoms with Gasteiger partial charge in [0, 0.05) is 71.8 Å². The summed E-state index contributed by atoms with van der Waals surface area (Å²) < 4.78 is 73.7. The summed E-state index contributed by atoms with van der Waals surface area (Å²) in [6, 6.07) is 0. The van der Waals surface area contributed by atoms with Gasteiger partial charge in [0.15, 0.2) is 0 Å². The Morgan fingerprint density at radius 3 is 1.19 bits per heavy atom. The first kappa shape index (κ1) is 58.6. The first-order chi connectivity index (χ1) is 15.4. The van der Waals surface area contributed by atoms with Crippen molar-refractivity contribution >= 4 is 130 Å². The van der Waals surface area contributed by atoms with Crippen LogP contribution < -0.4 is 31.3 Å². The molecule has 0 amide bonds. The van der Waals surface area contributed by atoms with Crippen LogP contribution in [0.2, 0.25) is 19.6 Å². The van der Waals surface area contributed by atoms with E-state index in [4.69, 9.17) is 11.1 Å². The molecule has 0 radical (unpaired) electrons. The molecule has 0 aromatic heterocycles. The fourth-order valence-electron chi connectivity index (χ4n) is 2.88. The monoisotopic (exact) mass is 1270 g/mol. The molecule has 0 spiro atoms. The van der Waals surface area contributed by atoms with E-state index in [0.29, 0.717) is 25.7 Å². The zero-order chi connectivity index (χ0) is 28.3. The van der Waals surface area contributed by atoms with Gasteiger partial charge in [-0.2, -0.15) is 37.4 Å². The van der Waals surface area contributed by atoms with Crippen molar-refractivity contribution in [3.05, 3.63) is 6.92 Å². The third-order valence-corrected chi connectivity index (χ3v) is 7.97. The Balaban J connectivity index is -0.0000000640. The molecule has 0 aromatic carbocycles. The fourth-order valence-corrected chi connectivity index (χ4v) is 4.08. The van der Waals surface area contributed by atoms with Gasteiger partial charge in [-0.05, 0) is 12.8 Å². The second-order valence-electron chi connectivity index (χ2n) is 8.55. The topological polar surface area (TPSA) is 0 Å². The summed E-state index contributed by atoms with van der Waals surface area (Å²) in [5.41, 5.74) is -2.96. The Kier molecular flexibility index (Phi) is 50.8. The zero-order valence-electron chi connectivity index (χ0n) is 21.7. The summed E-state index contributed by atoms with van der Waals surface area (Å²) in [7, 11) is -1.14. The minimum atomic E-state index is -4.09. The van der Waals surface area contributed by atoms with Crippen molar-refractivity contribution in [3.8, 4) is 0 Å². The van der Waals surface area contributed by atoms with Gasteiger partial charge in [0.1, 0.15) is 7.38 Å². The average Bonchev–Trinajstić information content (AvgIpc) is 3.40. The second-order valence-corrected chi connectivity index (χ2v) is 18.4. The molecular weight excluding hydrogens is 1250 g/mol. The summed E-state index contributed by atoms with van der Waals surface area (Å²) in [4.78, 5) is 0. The first-order valence-electron chi connectivity index (χ1n) is 10.2. The predicted octanol–water partition coefficient (Wildman–Crippen LogP) is 6.98. The van der Waals surface area contributed by atoms with Gasteiger partial charge in [0.25, 0.3) is 0 Å². The largest absolute Gasteiger partial charge is 0 e. The van der Waals surface area contributed by atoms with Crippen molar-refractivity contribution in [2.45, 2.75) is 83.4 Å². The Bertz CT molecular complexity index is 469. The quantitative estimate of drug-likeness (QED) is 0.0700. The molecule has 2 rings (SSSR count). The molecule has 216 valence electrons. The number of alkyl halides is 9. The molecule has 0 unspecified atom stereocenters. The number of hydrogen-bond donors (Lipinski definition) is 0. The van der Waals surface area contributed by atoms with E-state index in [0.717, 1.165) is 23.5 Å². The third kappa shape index (κ3) is 31.9. The summed E-state index contributed by atoms with van der Waals surface area (Å²) >= 11 is 21.8. The number of hydrogen-bond acceptors (Lipinski definition) is 0. The van der Waals surface area contributed by atoms with Crippen molar-refractivity contribution in [2.24, 2.45) is 10.8 Å². The standard InChI is InChI=1S/C7H10F3I.C7H10F3.C3H9ClSi.C2H4Br2.ClH.I2.HI.Li.2Zn/c8-7(9,10)6(5-11)3-1-2-4-6;1-6(7(8,9)10)4-2-3-5-6;1-5(2,3)4;3-1-2-4;;1-2;;;;/h1-5H2;1-5H2;1-3H3;1-2H2;1H;;1H;;;/q;-1;;;;;;+1;;+2/p-2. The Morgan fingerprint density at radius 1 is 0.838 bits per heavy atom. The van der Waals surface area contributed by atoms with Crippen LogP contribution in [-0.4, -0.2) is 34.8 Å². The van der Waals surface area contributed by atoms with Crippen LogP contribution in [0.15, 0.2) is 0 Å². The van der Waals surface area contributed by atoms with Gasteiger partial charge >= 0.3 is 65.8 Å². The van der Waals surface area contributed by atoms with Crippen LogP contribution in [0.3, 0.4) is 0 Å². The predicted molar refractivity (Wildman–Crippen MR) is 177 cm³/mol. The van der Waals surface area contributed by atoms with Crippen LogP contribution in [0.25, 0.3) is 0 Å². The Labute approximate surface area is 332 Å². The van der Waals surface area contributed by atoms with Gasteiger partial charge in [-0.3, -0.25) is 0 Å². The third-order valence-electron chi connectivity index (χ3n) is 4.65. The average molecular weight is 1280 g/mol. The van der Waals surface area contributed by atoms with Gasteiger partial charge in [-0.1, -0.05) is 118 Å². The van der Waals surface area contributed by atoms with Gasteiger partial charge < -0.3 is 19.3 Å². The molecule has 0 heterocycles. The minimum absolute atomic E-state index is 0. The molecule has 2 aliphatic carbocycles. The van der Waals surface area contributed by atoms with Crippen molar-refractivity contribution in [2.75, 3.05) is 15.1 Å². The zero-order valence-corrected chi connectivity index (χ0v) is 41.9. The molecule has 0 N–H and O–H groups in total. The van der Waals surface area contributed by atoms with Crippen LogP contribution in [0.1, 0.15) is 51.4 Å². The summed E-state index contributed by atoms with van der Waals surface area (Å²) in [6.45, 7) is 9.49. The maximum atomic E-state index is 12.4. The van der Waals surface area contributed by atoms with Crippen molar-refractivity contribution in [1.82, 2.24) is 0 Å².